The van der Waals surface area contributed by atoms with Gasteiger partial charge in [-0.2, -0.15) is 0 Å². The zero-order valence-electron chi connectivity index (χ0n) is 13.5. The van der Waals surface area contributed by atoms with Crippen molar-refractivity contribution in [2.45, 2.75) is 26.8 Å². The molecule has 0 aliphatic rings. The van der Waals surface area contributed by atoms with E-state index in [-0.39, 0.29) is 35.8 Å². The lowest BCUT2D eigenvalue weighted by Crippen LogP contribution is -2.39. The van der Waals surface area contributed by atoms with Gasteiger partial charge in [0.25, 0.3) is 5.91 Å². The normalized spacial score (nSPS) is 11.7. The lowest BCUT2D eigenvalue weighted by molar-refractivity contribution is -0.385. The lowest BCUT2D eigenvalue weighted by atomic mass is 10.1. The molecule has 0 bridgehead atoms. The van der Waals surface area contributed by atoms with Gasteiger partial charge >= 0.3 is 11.7 Å². The maximum absolute atomic E-state index is 11.8. The summed E-state index contributed by atoms with van der Waals surface area (Å²) >= 11 is 0. The number of nitrogens with one attached hydrogen (secondary N) is 1. The van der Waals surface area contributed by atoms with Crippen LogP contribution in [0.1, 0.15) is 31.1 Å². The van der Waals surface area contributed by atoms with E-state index in [4.69, 9.17) is 4.74 Å². The maximum Gasteiger partial charge on any atom is 0.338 e. The van der Waals surface area contributed by atoms with E-state index in [9.17, 15) is 19.7 Å². The monoisotopic (exact) mass is 324 g/mol. The van der Waals surface area contributed by atoms with Gasteiger partial charge in [0.15, 0.2) is 12.4 Å². The van der Waals surface area contributed by atoms with Crippen LogP contribution in [0.4, 0.5) is 5.69 Å². The van der Waals surface area contributed by atoms with Gasteiger partial charge in [0.2, 0.25) is 0 Å². The summed E-state index contributed by atoms with van der Waals surface area (Å²) in [6.45, 7) is 5.43. The van der Waals surface area contributed by atoms with Crippen molar-refractivity contribution < 1.29 is 24.0 Å². The second kappa shape index (κ2) is 8.11. The summed E-state index contributed by atoms with van der Waals surface area (Å²) in [6.07, 6.45) is 0. The molecule has 0 aliphatic heterocycles. The van der Waals surface area contributed by atoms with Crippen LogP contribution in [0.25, 0.3) is 0 Å². The summed E-state index contributed by atoms with van der Waals surface area (Å²) in [5.41, 5.74) is -0.373. The van der Waals surface area contributed by atoms with Crippen LogP contribution in [-0.4, -0.2) is 36.6 Å². The topological polar surface area (TPSA) is 108 Å². The Morgan fingerprint density at radius 1 is 1.30 bits per heavy atom. The molecule has 1 atom stereocenters. The average molecular weight is 324 g/mol. The lowest BCUT2D eigenvalue weighted by Gasteiger charge is -2.17. The molecule has 0 radical (unpaired) electrons. The minimum Gasteiger partial charge on any atom is -0.477 e. The Kier molecular flexibility index (Phi) is 6.49. The number of methoxy groups -OCH3 is 1. The van der Waals surface area contributed by atoms with E-state index in [0.29, 0.717) is 0 Å². The van der Waals surface area contributed by atoms with Crippen molar-refractivity contribution in [3.63, 3.8) is 0 Å². The fourth-order valence-corrected chi connectivity index (χ4v) is 1.63. The Bertz CT molecular complexity index is 600. The molecule has 1 amide bonds. The van der Waals surface area contributed by atoms with Crippen molar-refractivity contribution >= 4 is 17.6 Å². The largest absolute Gasteiger partial charge is 0.477 e. The van der Waals surface area contributed by atoms with Crippen molar-refractivity contribution in [3.05, 3.63) is 33.9 Å². The van der Waals surface area contributed by atoms with E-state index >= 15 is 0 Å². The van der Waals surface area contributed by atoms with Gasteiger partial charge in [0, 0.05) is 12.1 Å². The van der Waals surface area contributed by atoms with E-state index in [0.717, 1.165) is 6.07 Å². The number of hydrogen-bond acceptors (Lipinski definition) is 6. The predicted octanol–water partition coefficient (Wildman–Crippen LogP) is 1.92. The smallest absolute Gasteiger partial charge is 0.338 e. The second-order valence-electron chi connectivity index (χ2n) is 5.32. The van der Waals surface area contributed by atoms with Crippen LogP contribution in [0.2, 0.25) is 0 Å². The van der Waals surface area contributed by atoms with Gasteiger partial charge in [0.05, 0.1) is 17.6 Å². The highest BCUT2D eigenvalue weighted by Gasteiger charge is 2.20. The zero-order chi connectivity index (χ0) is 17.6. The van der Waals surface area contributed by atoms with Crippen LogP contribution in [0.5, 0.6) is 5.75 Å². The number of nitro benzene ring substituents is 1. The Labute approximate surface area is 133 Å². The minimum atomic E-state index is -0.692. The summed E-state index contributed by atoms with van der Waals surface area (Å²) < 4.78 is 9.71. The van der Waals surface area contributed by atoms with E-state index in [2.05, 4.69) is 10.1 Å². The molecule has 126 valence electrons. The Balaban J connectivity index is 2.82. The quantitative estimate of drug-likeness (QED) is 0.466. The van der Waals surface area contributed by atoms with Crippen molar-refractivity contribution in [1.82, 2.24) is 5.32 Å². The predicted molar refractivity (Wildman–Crippen MR) is 82.4 cm³/mol. The first-order chi connectivity index (χ1) is 10.8. The van der Waals surface area contributed by atoms with Crippen LogP contribution in [0.15, 0.2) is 18.2 Å². The number of amides is 1. The summed E-state index contributed by atoms with van der Waals surface area (Å²) in [5.74, 6) is -0.900. The highest BCUT2D eigenvalue weighted by Crippen LogP contribution is 2.28. The van der Waals surface area contributed by atoms with Crippen LogP contribution >= 0.6 is 0 Å². The first-order valence-electron chi connectivity index (χ1n) is 7.05. The molecule has 0 aromatic heterocycles. The maximum atomic E-state index is 11.8. The molecule has 0 spiro atoms. The number of carbonyl (C=O) groups excluding carboxylic acids is 2. The van der Waals surface area contributed by atoms with Crippen molar-refractivity contribution in [2.24, 2.45) is 5.92 Å². The van der Waals surface area contributed by atoms with Gasteiger partial charge in [-0.3, -0.25) is 14.9 Å². The highest BCUT2D eigenvalue weighted by atomic mass is 16.6. The molecule has 1 rings (SSSR count). The fourth-order valence-electron chi connectivity index (χ4n) is 1.63. The van der Waals surface area contributed by atoms with E-state index in [1.54, 1.807) is 0 Å². The molecule has 0 saturated carbocycles. The van der Waals surface area contributed by atoms with Gasteiger partial charge in [-0.25, -0.2) is 4.79 Å². The molecular formula is C15H20N2O6. The van der Waals surface area contributed by atoms with Crippen LogP contribution in [0, 0.1) is 16.0 Å². The third kappa shape index (κ3) is 5.24. The second-order valence-corrected chi connectivity index (χ2v) is 5.32. The summed E-state index contributed by atoms with van der Waals surface area (Å²) in [4.78, 5) is 33.5. The minimum absolute atomic E-state index is 0.0319. The molecule has 1 aromatic rings. The highest BCUT2D eigenvalue weighted by molar-refractivity contribution is 5.90. The zero-order valence-corrected chi connectivity index (χ0v) is 13.5. The van der Waals surface area contributed by atoms with Gasteiger partial charge in [-0.05, 0) is 25.0 Å². The number of esters is 1. The molecule has 23 heavy (non-hydrogen) atoms. The van der Waals surface area contributed by atoms with Crippen molar-refractivity contribution in [1.29, 1.82) is 0 Å². The summed E-state index contributed by atoms with van der Waals surface area (Å²) in [5, 5.41) is 13.8. The van der Waals surface area contributed by atoms with Gasteiger partial charge in [-0.1, -0.05) is 13.8 Å². The van der Waals surface area contributed by atoms with E-state index in [1.807, 2.05) is 20.8 Å². The number of rotatable bonds is 7. The van der Waals surface area contributed by atoms with Crippen LogP contribution in [0.3, 0.4) is 0 Å². The van der Waals surface area contributed by atoms with Crippen molar-refractivity contribution in [3.8, 4) is 5.75 Å². The third-order valence-corrected chi connectivity index (χ3v) is 3.32. The Hall–Kier alpha value is -2.64. The average Bonchev–Trinajstić information content (AvgIpc) is 2.51. The molecule has 8 nitrogen and oxygen atoms in total. The number of nitrogens with zero attached hydrogens (tertiary/aromatic N) is 1. The van der Waals surface area contributed by atoms with E-state index in [1.165, 1.54) is 19.2 Å². The van der Waals surface area contributed by atoms with Crippen LogP contribution < -0.4 is 10.1 Å². The number of nitro groups is 1. The molecule has 0 fully saturated rings. The SMILES string of the molecule is COC(=O)c1ccc(OCC(=O)N[C@H](C)C(C)C)c([N+](=O)[O-])c1. The third-order valence-electron chi connectivity index (χ3n) is 3.32. The first-order valence-corrected chi connectivity index (χ1v) is 7.05. The van der Waals surface area contributed by atoms with Gasteiger partial charge in [0.1, 0.15) is 0 Å². The molecule has 0 saturated heterocycles. The van der Waals surface area contributed by atoms with E-state index < -0.39 is 16.6 Å². The number of carbonyl (C=O) groups is 2. The van der Waals surface area contributed by atoms with Crippen molar-refractivity contribution in [2.75, 3.05) is 13.7 Å². The molecule has 0 heterocycles. The fraction of sp³-hybridized carbons (Fsp3) is 0.467. The molecular weight excluding hydrogens is 304 g/mol. The summed E-state index contributed by atoms with van der Waals surface area (Å²) in [7, 11) is 1.18. The first kappa shape index (κ1) is 18.4. The molecule has 0 unspecified atom stereocenters. The Morgan fingerprint density at radius 2 is 1.96 bits per heavy atom. The van der Waals surface area contributed by atoms with Gasteiger partial charge < -0.3 is 14.8 Å². The number of ether oxygens (including phenoxy) is 2. The molecule has 0 aliphatic carbocycles. The van der Waals surface area contributed by atoms with Gasteiger partial charge in [-0.15, -0.1) is 0 Å². The molecule has 8 heteroatoms. The van der Waals surface area contributed by atoms with Crippen LogP contribution in [-0.2, 0) is 9.53 Å². The Morgan fingerprint density at radius 3 is 2.48 bits per heavy atom. The molecule has 1 aromatic carbocycles. The number of hydrogen-bond donors (Lipinski definition) is 1. The number of benzene rings is 1. The molecule has 1 N–H and O–H groups in total. The standard InChI is InChI=1S/C15H20N2O6/c1-9(2)10(3)16-14(18)8-23-13-6-5-11(15(19)22-4)7-12(13)17(20)21/h5-7,9-10H,8H2,1-4H3,(H,16,18)/t10-/m1/s1. The summed E-state index contributed by atoms with van der Waals surface area (Å²) in [6, 6.07) is 3.62.